The van der Waals surface area contributed by atoms with Crippen molar-refractivity contribution in [3.8, 4) is 5.75 Å². The molecule has 0 bridgehead atoms. The molecule has 3 heterocycles. The number of thiophene rings is 1. The van der Waals surface area contributed by atoms with Gasteiger partial charge in [-0.25, -0.2) is 4.39 Å². The summed E-state index contributed by atoms with van der Waals surface area (Å²) >= 11 is 7.34. The van der Waals surface area contributed by atoms with E-state index in [9.17, 15) is 14.3 Å². The summed E-state index contributed by atoms with van der Waals surface area (Å²) in [5.74, 6) is -0.00913. The van der Waals surface area contributed by atoms with Crippen LogP contribution in [0.4, 0.5) is 9.39 Å². The molecule has 3 N–H and O–H groups in total. The number of likely N-dealkylation sites (tertiary alicyclic amines) is 1. The van der Waals surface area contributed by atoms with Gasteiger partial charge in [0.15, 0.2) is 0 Å². The van der Waals surface area contributed by atoms with E-state index in [0.29, 0.717) is 18.8 Å². The molecule has 2 aromatic rings. The molecular formula is C19H21ClFN3O3S. The highest BCUT2D eigenvalue weighted by atomic mass is 35.5. The highest BCUT2D eigenvalue weighted by Gasteiger charge is 2.35. The van der Waals surface area contributed by atoms with Crippen LogP contribution in [0.2, 0.25) is 5.02 Å². The number of aliphatic hydroxyl groups is 1. The second-order valence-electron chi connectivity index (χ2n) is 6.98. The quantitative estimate of drug-likeness (QED) is 0.663. The number of ether oxygens (including phenoxy) is 1. The third-order valence-corrected chi connectivity index (χ3v) is 6.25. The molecule has 4 rings (SSSR count). The predicted octanol–water partition coefficient (Wildman–Crippen LogP) is 2.99. The SMILES string of the molecule is O=C(Nc1ccc(C(O)N2CC(Oc3ccc(F)cc3Cl)C2)s1)[C@@H]1CCCN1. The van der Waals surface area contributed by atoms with Gasteiger partial charge in [-0.05, 0) is 49.7 Å². The van der Waals surface area contributed by atoms with Gasteiger partial charge < -0.3 is 20.5 Å². The van der Waals surface area contributed by atoms with E-state index in [1.165, 1.54) is 29.5 Å². The molecule has 2 aliphatic heterocycles. The van der Waals surface area contributed by atoms with Crippen molar-refractivity contribution < 1.29 is 19.0 Å². The zero-order chi connectivity index (χ0) is 19.7. The van der Waals surface area contributed by atoms with E-state index >= 15 is 0 Å². The maximum absolute atomic E-state index is 13.1. The average Bonchev–Trinajstić information content (AvgIpc) is 3.30. The van der Waals surface area contributed by atoms with Gasteiger partial charge >= 0.3 is 0 Å². The summed E-state index contributed by atoms with van der Waals surface area (Å²) in [5, 5.41) is 17.6. The molecule has 1 aromatic heterocycles. The van der Waals surface area contributed by atoms with Gasteiger partial charge in [0.25, 0.3) is 0 Å². The van der Waals surface area contributed by atoms with Gasteiger partial charge in [-0.2, -0.15) is 0 Å². The molecule has 2 atom stereocenters. The number of hydrogen-bond donors (Lipinski definition) is 3. The third-order valence-electron chi connectivity index (χ3n) is 4.91. The first-order chi connectivity index (χ1) is 13.5. The lowest BCUT2D eigenvalue weighted by atomic mass is 10.1. The molecule has 9 heteroatoms. The maximum Gasteiger partial charge on any atom is 0.242 e. The monoisotopic (exact) mass is 425 g/mol. The number of carbonyl (C=O) groups excluding carboxylic acids is 1. The number of benzene rings is 1. The van der Waals surface area contributed by atoms with Crippen molar-refractivity contribution in [2.24, 2.45) is 0 Å². The van der Waals surface area contributed by atoms with Crippen molar-refractivity contribution in [1.82, 2.24) is 10.2 Å². The first-order valence-corrected chi connectivity index (χ1v) is 10.4. The van der Waals surface area contributed by atoms with Crippen LogP contribution in [-0.4, -0.2) is 47.7 Å². The molecule has 0 aliphatic carbocycles. The molecule has 28 heavy (non-hydrogen) atoms. The van der Waals surface area contributed by atoms with E-state index in [1.54, 1.807) is 0 Å². The van der Waals surface area contributed by atoms with Crippen molar-refractivity contribution in [1.29, 1.82) is 0 Å². The van der Waals surface area contributed by atoms with Gasteiger partial charge in [0.2, 0.25) is 5.91 Å². The Hall–Kier alpha value is -1.71. The Balaban J connectivity index is 1.28. The van der Waals surface area contributed by atoms with Crippen LogP contribution in [0.1, 0.15) is 23.9 Å². The normalized spacial score (nSPS) is 21.3. The van der Waals surface area contributed by atoms with Crippen LogP contribution >= 0.6 is 22.9 Å². The van der Waals surface area contributed by atoms with Crippen LogP contribution < -0.4 is 15.4 Å². The molecule has 2 saturated heterocycles. The van der Waals surface area contributed by atoms with Gasteiger partial charge in [-0.3, -0.25) is 9.69 Å². The Bertz CT molecular complexity index is 853. The summed E-state index contributed by atoms with van der Waals surface area (Å²) in [7, 11) is 0. The van der Waals surface area contributed by atoms with E-state index in [2.05, 4.69) is 10.6 Å². The zero-order valence-corrected chi connectivity index (χ0v) is 16.6. The molecule has 0 spiro atoms. The Morgan fingerprint density at radius 1 is 1.39 bits per heavy atom. The van der Waals surface area contributed by atoms with Crippen molar-refractivity contribution in [3.63, 3.8) is 0 Å². The highest BCUT2D eigenvalue weighted by molar-refractivity contribution is 7.16. The number of nitrogens with zero attached hydrogens (tertiary/aromatic N) is 1. The molecule has 2 aliphatic rings. The van der Waals surface area contributed by atoms with Crippen LogP contribution in [-0.2, 0) is 4.79 Å². The molecule has 1 aromatic carbocycles. The Morgan fingerprint density at radius 2 is 2.21 bits per heavy atom. The summed E-state index contributed by atoms with van der Waals surface area (Å²) in [4.78, 5) is 14.8. The van der Waals surface area contributed by atoms with Crippen molar-refractivity contribution in [2.45, 2.75) is 31.2 Å². The first-order valence-electron chi connectivity index (χ1n) is 9.17. The second kappa shape index (κ2) is 8.34. The maximum atomic E-state index is 13.1. The summed E-state index contributed by atoms with van der Waals surface area (Å²) in [6, 6.07) is 7.51. The first kappa shape index (κ1) is 19.6. The van der Waals surface area contributed by atoms with E-state index in [0.717, 1.165) is 29.3 Å². The smallest absolute Gasteiger partial charge is 0.242 e. The van der Waals surface area contributed by atoms with Gasteiger partial charge in [0, 0.05) is 13.1 Å². The Kier molecular flexibility index (Phi) is 5.84. The third kappa shape index (κ3) is 4.31. The minimum absolute atomic E-state index is 0.0334. The lowest BCUT2D eigenvalue weighted by Crippen LogP contribution is -2.54. The average molecular weight is 426 g/mol. The Labute approximate surface area is 171 Å². The number of carbonyl (C=O) groups is 1. The number of rotatable bonds is 6. The van der Waals surface area contributed by atoms with Crippen LogP contribution in [0, 0.1) is 5.82 Å². The van der Waals surface area contributed by atoms with Crippen molar-refractivity contribution in [3.05, 3.63) is 46.0 Å². The fourth-order valence-electron chi connectivity index (χ4n) is 3.35. The lowest BCUT2D eigenvalue weighted by Gasteiger charge is -2.41. The molecule has 150 valence electrons. The number of amides is 1. The summed E-state index contributed by atoms with van der Waals surface area (Å²) in [6.07, 6.45) is 0.974. The van der Waals surface area contributed by atoms with Crippen molar-refractivity contribution in [2.75, 3.05) is 25.0 Å². The summed E-state index contributed by atoms with van der Waals surface area (Å²) in [5.41, 5.74) is 0. The largest absolute Gasteiger partial charge is 0.486 e. The number of nitrogens with one attached hydrogen (secondary N) is 2. The second-order valence-corrected chi connectivity index (χ2v) is 8.50. The number of aliphatic hydroxyl groups excluding tert-OH is 1. The van der Waals surface area contributed by atoms with E-state index in [1.807, 2.05) is 17.0 Å². The fourth-order valence-corrected chi connectivity index (χ4v) is 4.49. The standard InChI is InChI=1S/C19H21ClFN3O3S/c20-13-8-11(21)3-4-15(13)27-12-9-24(10-12)19(26)16-5-6-17(28-16)23-18(25)14-2-1-7-22-14/h3-6,8,12,14,19,22,26H,1-2,7,9-10H2,(H,23,25)/t14-,19?/m0/s1. The van der Waals surface area contributed by atoms with E-state index < -0.39 is 12.0 Å². The van der Waals surface area contributed by atoms with Gasteiger partial charge in [-0.1, -0.05) is 11.6 Å². The molecule has 0 radical (unpaired) electrons. The van der Waals surface area contributed by atoms with Crippen molar-refractivity contribution >= 4 is 33.8 Å². The topological polar surface area (TPSA) is 73.8 Å². The molecule has 6 nitrogen and oxygen atoms in total. The van der Waals surface area contributed by atoms with Gasteiger partial charge in [0.05, 0.1) is 20.9 Å². The van der Waals surface area contributed by atoms with E-state index in [4.69, 9.17) is 16.3 Å². The van der Waals surface area contributed by atoms with Crippen LogP contribution in [0.25, 0.3) is 0 Å². The minimum Gasteiger partial charge on any atom is -0.486 e. The van der Waals surface area contributed by atoms with Gasteiger partial charge in [-0.15, -0.1) is 11.3 Å². The molecule has 1 amide bonds. The predicted molar refractivity (Wildman–Crippen MR) is 106 cm³/mol. The minimum atomic E-state index is -0.760. The van der Waals surface area contributed by atoms with Crippen LogP contribution in [0.5, 0.6) is 5.75 Å². The number of hydrogen-bond acceptors (Lipinski definition) is 6. The highest BCUT2D eigenvalue weighted by Crippen LogP contribution is 2.34. The van der Waals surface area contributed by atoms with Crippen LogP contribution in [0.15, 0.2) is 30.3 Å². The molecule has 1 unspecified atom stereocenters. The Morgan fingerprint density at radius 3 is 2.93 bits per heavy atom. The molecular weight excluding hydrogens is 405 g/mol. The lowest BCUT2D eigenvalue weighted by molar-refractivity contribution is -0.117. The zero-order valence-electron chi connectivity index (χ0n) is 15.0. The fraction of sp³-hybridized carbons (Fsp3) is 0.421. The molecule has 0 saturated carbocycles. The van der Waals surface area contributed by atoms with E-state index in [-0.39, 0.29) is 23.1 Å². The number of halogens is 2. The van der Waals surface area contributed by atoms with Gasteiger partial charge in [0.1, 0.15) is 23.9 Å². The number of anilines is 1. The van der Waals surface area contributed by atoms with Crippen LogP contribution in [0.3, 0.4) is 0 Å². The summed E-state index contributed by atoms with van der Waals surface area (Å²) in [6.45, 7) is 1.93. The molecule has 2 fully saturated rings. The summed E-state index contributed by atoms with van der Waals surface area (Å²) < 4.78 is 18.9.